The van der Waals surface area contributed by atoms with Crippen LogP contribution in [0.15, 0.2) is 66.9 Å². The van der Waals surface area contributed by atoms with Crippen molar-refractivity contribution < 1.29 is 14.3 Å². The summed E-state index contributed by atoms with van der Waals surface area (Å²) in [5, 5.41) is 5.98. The van der Waals surface area contributed by atoms with Crippen molar-refractivity contribution in [2.24, 2.45) is 0 Å². The number of ether oxygens (including phenoxy) is 1. The van der Waals surface area contributed by atoms with Gasteiger partial charge in [-0.25, -0.2) is 9.78 Å². The summed E-state index contributed by atoms with van der Waals surface area (Å²) in [4.78, 5) is 30.3. The van der Waals surface area contributed by atoms with Crippen LogP contribution in [0.1, 0.15) is 20.8 Å². The molecule has 1 heterocycles. The van der Waals surface area contributed by atoms with E-state index in [1.807, 2.05) is 43.3 Å². The van der Waals surface area contributed by atoms with E-state index >= 15 is 0 Å². The summed E-state index contributed by atoms with van der Waals surface area (Å²) in [6, 6.07) is 17.9. The largest absolute Gasteiger partial charge is 0.465 e. The number of pyridine rings is 1. The number of benzene rings is 2. The van der Waals surface area contributed by atoms with E-state index in [1.54, 1.807) is 42.6 Å². The van der Waals surface area contributed by atoms with Crippen LogP contribution in [0.3, 0.4) is 0 Å². The smallest absolute Gasteiger partial charge is 0.337 e. The molecule has 1 amide bonds. The van der Waals surface area contributed by atoms with Gasteiger partial charge in [0.1, 0.15) is 5.69 Å². The third-order valence-electron chi connectivity index (χ3n) is 4.21. The number of carbonyl (C=O) groups is 2. The first kappa shape index (κ1) is 19.9. The number of methoxy groups -OCH3 is 1. The van der Waals surface area contributed by atoms with Crippen LogP contribution < -0.4 is 15.5 Å². The maximum atomic E-state index is 12.4. The molecule has 0 atom stereocenters. The summed E-state index contributed by atoms with van der Waals surface area (Å²) in [6.07, 6.45) is 1.60. The molecule has 0 fully saturated rings. The highest BCUT2D eigenvalue weighted by atomic mass is 16.5. The van der Waals surface area contributed by atoms with E-state index in [-0.39, 0.29) is 11.6 Å². The fourth-order valence-corrected chi connectivity index (χ4v) is 2.65. The molecule has 29 heavy (non-hydrogen) atoms. The molecule has 0 radical (unpaired) electrons. The van der Waals surface area contributed by atoms with Crippen molar-refractivity contribution in [1.82, 2.24) is 4.98 Å². The van der Waals surface area contributed by atoms with Gasteiger partial charge in [-0.15, -0.1) is 0 Å². The normalized spacial score (nSPS) is 10.2. The molecule has 0 spiro atoms. The van der Waals surface area contributed by atoms with Crippen molar-refractivity contribution in [3.05, 3.63) is 78.1 Å². The summed E-state index contributed by atoms with van der Waals surface area (Å²) in [5.74, 6) is -0.831. The van der Waals surface area contributed by atoms with Crippen molar-refractivity contribution >= 4 is 34.6 Å². The summed E-state index contributed by atoms with van der Waals surface area (Å²) in [7, 11) is 5.29. The Bertz CT molecular complexity index is 999. The van der Waals surface area contributed by atoms with Gasteiger partial charge in [0.2, 0.25) is 0 Å². The van der Waals surface area contributed by atoms with Gasteiger partial charge in [0.05, 0.1) is 24.6 Å². The van der Waals surface area contributed by atoms with Gasteiger partial charge in [-0.2, -0.15) is 0 Å². The quantitative estimate of drug-likeness (QED) is 0.621. The average Bonchev–Trinajstić information content (AvgIpc) is 2.74. The lowest BCUT2D eigenvalue weighted by atomic mass is 10.2. The zero-order chi connectivity index (χ0) is 20.8. The van der Waals surface area contributed by atoms with Crippen LogP contribution in [0.25, 0.3) is 0 Å². The Hall–Kier alpha value is -3.87. The Kier molecular flexibility index (Phi) is 6.09. The maximum Gasteiger partial charge on any atom is 0.337 e. The molecule has 1 aromatic heterocycles. The molecule has 0 aliphatic heterocycles. The standard InChI is InChI=1S/C22H22N4O3/c1-26(2)19-10-7-16(8-11-19)24-18-9-12-20(23-14-18)21(27)25-17-6-4-5-15(13-17)22(28)29-3/h4-14,24H,1-3H3,(H,25,27). The summed E-state index contributed by atoms with van der Waals surface area (Å²) in [5.41, 5.74) is 3.92. The second-order valence-electron chi connectivity index (χ2n) is 6.52. The van der Waals surface area contributed by atoms with E-state index in [9.17, 15) is 9.59 Å². The Morgan fingerprint density at radius 1 is 0.931 bits per heavy atom. The minimum absolute atomic E-state index is 0.266. The molecule has 2 N–H and O–H groups in total. The molecular weight excluding hydrogens is 368 g/mol. The summed E-state index contributed by atoms with van der Waals surface area (Å²) >= 11 is 0. The summed E-state index contributed by atoms with van der Waals surface area (Å²) in [6.45, 7) is 0. The van der Waals surface area contributed by atoms with Crippen LogP contribution in [0.4, 0.5) is 22.7 Å². The number of anilines is 4. The first-order valence-corrected chi connectivity index (χ1v) is 8.96. The minimum atomic E-state index is -0.465. The number of nitrogens with zero attached hydrogens (tertiary/aromatic N) is 2. The van der Waals surface area contributed by atoms with Gasteiger partial charge in [0.15, 0.2) is 0 Å². The number of esters is 1. The molecule has 0 aliphatic rings. The molecule has 0 unspecified atom stereocenters. The van der Waals surface area contributed by atoms with E-state index in [4.69, 9.17) is 0 Å². The zero-order valence-electron chi connectivity index (χ0n) is 16.5. The molecule has 0 bridgehead atoms. The molecule has 3 rings (SSSR count). The fraction of sp³-hybridized carbons (Fsp3) is 0.136. The van der Waals surface area contributed by atoms with Crippen LogP contribution in [-0.4, -0.2) is 38.1 Å². The van der Waals surface area contributed by atoms with E-state index < -0.39 is 5.97 Å². The Labute approximate surface area is 169 Å². The van der Waals surface area contributed by atoms with Gasteiger partial charge in [0, 0.05) is 31.2 Å². The van der Waals surface area contributed by atoms with Crippen LogP contribution >= 0.6 is 0 Å². The van der Waals surface area contributed by atoms with Crippen molar-refractivity contribution in [2.75, 3.05) is 36.7 Å². The monoisotopic (exact) mass is 390 g/mol. The number of carbonyl (C=O) groups excluding carboxylic acids is 2. The lowest BCUT2D eigenvalue weighted by Crippen LogP contribution is -2.14. The van der Waals surface area contributed by atoms with Gasteiger partial charge in [0.25, 0.3) is 5.91 Å². The highest BCUT2D eigenvalue weighted by molar-refractivity contribution is 6.03. The van der Waals surface area contributed by atoms with Crippen molar-refractivity contribution in [3.8, 4) is 0 Å². The second-order valence-corrected chi connectivity index (χ2v) is 6.52. The number of hydrogen-bond donors (Lipinski definition) is 2. The van der Waals surface area contributed by atoms with Crippen LogP contribution in [-0.2, 0) is 4.74 Å². The molecule has 0 aliphatic carbocycles. The lowest BCUT2D eigenvalue weighted by molar-refractivity contribution is 0.0600. The van der Waals surface area contributed by atoms with Gasteiger partial charge >= 0.3 is 5.97 Å². The maximum absolute atomic E-state index is 12.4. The van der Waals surface area contributed by atoms with Crippen LogP contribution in [0.2, 0.25) is 0 Å². The van der Waals surface area contributed by atoms with Gasteiger partial charge < -0.3 is 20.3 Å². The predicted molar refractivity (Wildman–Crippen MR) is 114 cm³/mol. The highest BCUT2D eigenvalue weighted by Gasteiger charge is 2.10. The van der Waals surface area contributed by atoms with E-state index in [2.05, 4.69) is 20.4 Å². The van der Waals surface area contributed by atoms with Crippen molar-refractivity contribution in [3.63, 3.8) is 0 Å². The topological polar surface area (TPSA) is 83.6 Å². The number of amides is 1. The van der Waals surface area contributed by atoms with E-state index in [0.717, 1.165) is 17.1 Å². The molecule has 7 nitrogen and oxygen atoms in total. The molecule has 148 valence electrons. The summed E-state index contributed by atoms with van der Waals surface area (Å²) < 4.78 is 4.69. The predicted octanol–water partition coefficient (Wildman–Crippen LogP) is 3.93. The Morgan fingerprint density at radius 3 is 2.28 bits per heavy atom. The van der Waals surface area contributed by atoms with E-state index in [1.165, 1.54) is 7.11 Å². The first-order chi connectivity index (χ1) is 14.0. The first-order valence-electron chi connectivity index (χ1n) is 8.96. The average molecular weight is 390 g/mol. The molecule has 0 saturated carbocycles. The van der Waals surface area contributed by atoms with Crippen LogP contribution in [0.5, 0.6) is 0 Å². The molecule has 7 heteroatoms. The van der Waals surface area contributed by atoms with Gasteiger partial charge in [-0.3, -0.25) is 4.79 Å². The third-order valence-corrected chi connectivity index (χ3v) is 4.21. The minimum Gasteiger partial charge on any atom is -0.465 e. The fourth-order valence-electron chi connectivity index (χ4n) is 2.65. The lowest BCUT2D eigenvalue weighted by Gasteiger charge is -2.13. The molecule has 0 saturated heterocycles. The Morgan fingerprint density at radius 2 is 1.66 bits per heavy atom. The molecule has 3 aromatic rings. The third kappa shape index (κ3) is 5.10. The number of rotatable bonds is 6. The SMILES string of the molecule is COC(=O)c1cccc(NC(=O)c2ccc(Nc3ccc(N(C)C)cc3)cn2)c1. The second kappa shape index (κ2) is 8.88. The highest BCUT2D eigenvalue weighted by Crippen LogP contribution is 2.20. The van der Waals surface area contributed by atoms with Gasteiger partial charge in [-0.1, -0.05) is 6.07 Å². The molecular formula is C22H22N4O3. The number of aromatic nitrogens is 1. The number of hydrogen-bond acceptors (Lipinski definition) is 6. The zero-order valence-corrected chi connectivity index (χ0v) is 16.5. The van der Waals surface area contributed by atoms with Crippen molar-refractivity contribution in [1.29, 1.82) is 0 Å². The van der Waals surface area contributed by atoms with Crippen LogP contribution in [0, 0.1) is 0 Å². The van der Waals surface area contributed by atoms with Crippen molar-refractivity contribution in [2.45, 2.75) is 0 Å². The number of nitrogens with one attached hydrogen (secondary N) is 2. The van der Waals surface area contributed by atoms with Gasteiger partial charge in [-0.05, 0) is 54.6 Å². The Balaban J connectivity index is 1.65. The molecule has 2 aromatic carbocycles. The van der Waals surface area contributed by atoms with E-state index in [0.29, 0.717) is 11.3 Å².